The lowest BCUT2D eigenvalue weighted by molar-refractivity contribution is -0.139. The molecule has 1 aliphatic carbocycles. The second-order valence-electron chi connectivity index (χ2n) is 7.51. The Kier molecular flexibility index (Phi) is 10.1. The lowest BCUT2D eigenvalue weighted by Crippen LogP contribution is -2.52. The van der Waals surface area contributed by atoms with Crippen molar-refractivity contribution < 1.29 is 4.79 Å². The van der Waals surface area contributed by atoms with Crippen molar-refractivity contribution in [1.29, 1.82) is 0 Å². The Morgan fingerprint density at radius 3 is 2.45 bits per heavy atom. The number of carbonyl (C=O) groups is 1. The van der Waals surface area contributed by atoms with Crippen LogP contribution >= 0.6 is 24.0 Å². The summed E-state index contributed by atoms with van der Waals surface area (Å²) >= 11 is 0. The highest BCUT2D eigenvalue weighted by molar-refractivity contribution is 14.0. The molecule has 0 spiro atoms. The number of piperazine rings is 1. The number of aromatic nitrogens is 3. The molecule has 164 valence electrons. The third-order valence-electron chi connectivity index (χ3n) is 5.74. The number of aryl methyl sites for hydroxylation is 1. The first-order chi connectivity index (χ1) is 13.7. The molecule has 0 bridgehead atoms. The van der Waals surface area contributed by atoms with E-state index >= 15 is 0 Å². The minimum Gasteiger partial charge on any atom is -0.355 e. The number of hydrogen-bond donors (Lipinski definition) is 2. The average Bonchev–Trinajstić information content (AvgIpc) is 3.13. The van der Waals surface area contributed by atoms with Crippen LogP contribution in [0.3, 0.4) is 0 Å². The van der Waals surface area contributed by atoms with E-state index in [-0.39, 0.29) is 24.0 Å². The summed E-state index contributed by atoms with van der Waals surface area (Å²) in [6, 6.07) is 0. The van der Waals surface area contributed by atoms with Crippen molar-refractivity contribution in [2.24, 2.45) is 10.9 Å². The lowest BCUT2D eigenvalue weighted by Gasteiger charge is -2.38. The van der Waals surface area contributed by atoms with Gasteiger partial charge in [0, 0.05) is 71.7 Å². The zero-order valence-electron chi connectivity index (χ0n) is 17.6. The van der Waals surface area contributed by atoms with Gasteiger partial charge in [-0.05, 0) is 12.8 Å². The third-order valence-corrected chi connectivity index (χ3v) is 5.74. The van der Waals surface area contributed by atoms with Crippen LogP contribution in [0.5, 0.6) is 0 Å². The predicted octanol–water partition coefficient (Wildman–Crippen LogP) is 0.568. The van der Waals surface area contributed by atoms with Gasteiger partial charge >= 0.3 is 0 Å². The number of aliphatic imine (C=N–C) groups is 1. The molecular weight excluding hydrogens is 483 g/mol. The van der Waals surface area contributed by atoms with Crippen LogP contribution < -0.4 is 10.6 Å². The maximum atomic E-state index is 12.3. The minimum absolute atomic E-state index is 0. The van der Waals surface area contributed by atoms with Gasteiger partial charge in [-0.2, -0.15) is 0 Å². The molecule has 1 aliphatic heterocycles. The van der Waals surface area contributed by atoms with Crippen molar-refractivity contribution in [3.05, 3.63) is 12.2 Å². The third kappa shape index (κ3) is 6.80. The summed E-state index contributed by atoms with van der Waals surface area (Å²) in [6.07, 6.45) is 6.05. The predicted molar refractivity (Wildman–Crippen MR) is 125 cm³/mol. The number of guanidine groups is 1. The molecule has 2 N–H and O–H groups in total. The molecule has 29 heavy (non-hydrogen) atoms. The van der Waals surface area contributed by atoms with Gasteiger partial charge in [-0.25, -0.2) is 0 Å². The first kappa shape index (κ1) is 23.8. The van der Waals surface area contributed by atoms with E-state index in [2.05, 4.69) is 47.1 Å². The van der Waals surface area contributed by atoms with Crippen LogP contribution in [0.25, 0.3) is 0 Å². The summed E-state index contributed by atoms with van der Waals surface area (Å²) in [7, 11) is 1.79. The SMILES string of the molecule is CCc1nncn1CCNC(=NC)NCCN1CCN(C(=O)C2CCC2)CC1.I. The van der Waals surface area contributed by atoms with Crippen molar-refractivity contribution in [2.75, 3.05) is 52.9 Å². The fraction of sp³-hybridized carbons (Fsp3) is 0.789. The number of hydrogen-bond acceptors (Lipinski definition) is 5. The molecule has 1 aromatic heterocycles. The summed E-state index contributed by atoms with van der Waals surface area (Å²) in [5, 5.41) is 14.8. The quantitative estimate of drug-likeness (QED) is 0.297. The van der Waals surface area contributed by atoms with Crippen molar-refractivity contribution in [3.8, 4) is 0 Å². The van der Waals surface area contributed by atoms with Gasteiger partial charge in [0.1, 0.15) is 12.2 Å². The Balaban J connectivity index is 0.00000300. The van der Waals surface area contributed by atoms with Gasteiger partial charge in [-0.1, -0.05) is 13.3 Å². The maximum Gasteiger partial charge on any atom is 0.225 e. The standard InChI is InChI=1S/C19H34N8O.HI/c1-3-17-24-23-15-27(17)10-8-22-19(20-2)21-7-9-25-11-13-26(14-12-25)18(28)16-5-4-6-16;/h15-16H,3-14H2,1-2H3,(H2,20,21,22);1H. The normalized spacial score (nSPS) is 18.1. The maximum absolute atomic E-state index is 12.3. The van der Waals surface area contributed by atoms with Gasteiger partial charge in [0.05, 0.1) is 0 Å². The van der Waals surface area contributed by atoms with Crippen LogP contribution in [0.4, 0.5) is 0 Å². The molecule has 0 atom stereocenters. The van der Waals surface area contributed by atoms with E-state index in [9.17, 15) is 4.79 Å². The van der Waals surface area contributed by atoms with Crippen molar-refractivity contribution in [2.45, 2.75) is 39.2 Å². The van der Waals surface area contributed by atoms with Crippen LogP contribution in [0.2, 0.25) is 0 Å². The molecule has 1 aromatic rings. The largest absolute Gasteiger partial charge is 0.355 e. The van der Waals surface area contributed by atoms with Gasteiger partial charge in [0.15, 0.2) is 5.96 Å². The summed E-state index contributed by atoms with van der Waals surface area (Å²) in [5.41, 5.74) is 0. The number of nitrogens with zero attached hydrogens (tertiary/aromatic N) is 6. The number of rotatable bonds is 8. The molecule has 0 radical (unpaired) electrons. The highest BCUT2D eigenvalue weighted by Crippen LogP contribution is 2.28. The molecule has 1 saturated carbocycles. The number of halogens is 1. The van der Waals surface area contributed by atoms with Crippen molar-refractivity contribution in [1.82, 2.24) is 35.2 Å². The molecule has 9 nitrogen and oxygen atoms in total. The van der Waals surface area contributed by atoms with Crippen LogP contribution in [-0.4, -0.2) is 89.3 Å². The Morgan fingerprint density at radius 1 is 1.17 bits per heavy atom. The minimum atomic E-state index is 0. The smallest absolute Gasteiger partial charge is 0.225 e. The number of carbonyl (C=O) groups excluding carboxylic acids is 1. The molecular formula is C19H35IN8O. The zero-order valence-corrected chi connectivity index (χ0v) is 20.0. The second kappa shape index (κ2) is 12.3. The molecule has 1 saturated heterocycles. The van der Waals surface area contributed by atoms with E-state index in [0.29, 0.717) is 11.8 Å². The fourth-order valence-corrected chi connectivity index (χ4v) is 3.69. The van der Waals surface area contributed by atoms with Gasteiger partial charge in [0.25, 0.3) is 0 Å². The van der Waals surface area contributed by atoms with Crippen molar-refractivity contribution >= 4 is 35.8 Å². The first-order valence-corrected chi connectivity index (χ1v) is 10.5. The molecule has 0 aromatic carbocycles. The molecule has 2 heterocycles. The molecule has 2 fully saturated rings. The number of amides is 1. The van der Waals surface area contributed by atoms with E-state index in [0.717, 1.165) is 83.4 Å². The first-order valence-electron chi connectivity index (χ1n) is 10.5. The van der Waals surface area contributed by atoms with E-state index in [4.69, 9.17) is 0 Å². The molecule has 0 unspecified atom stereocenters. The molecule has 2 aliphatic rings. The Bertz CT molecular complexity index is 652. The molecule has 10 heteroatoms. The summed E-state index contributed by atoms with van der Waals surface area (Å²) in [4.78, 5) is 21.1. The van der Waals surface area contributed by atoms with Crippen LogP contribution in [-0.2, 0) is 17.8 Å². The van der Waals surface area contributed by atoms with Crippen molar-refractivity contribution in [3.63, 3.8) is 0 Å². The van der Waals surface area contributed by atoms with E-state index < -0.39 is 0 Å². The van der Waals surface area contributed by atoms with Crippen LogP contribution in [0, 0.1) is 5.92 Å². The highest BCUT2D eigenvalue weighted by atomic mass is 127. The topological polar surface area (TPSA) is 90.7 Å². The number of nitrogens with one attached hydrogen (secondary N) is 2. The Labute approximate surface area is 190 Å². The lowest BCUT2D eigenvalue weighted by atomic mass is 9.84. The average molecular weight is 518 g/mol. The Morgan fingerprint density at radius 2 is 1.86 bits per heavy atom. The van der Waals surface area contributed by atoms with Gasteiger partial charge in [0.2, 0.25) is 5.91 Å². The van der Waals surface area contributed by atoms with E-state index in [1.807, 2.05) is 0 Å². The molecule has 3 rings (SSSR count). The highest BCUT2D eigenvalue weighted by Gasteiger charge is 2.30. The Hall–Kier alpha value is -1.43. The van der Waals surface area contributed by atoms with E-state index in [1.54, 1.807) is 13.4 Å². The summed E-state index contributed by atoms with van der Waals surface area (Å²) < 4.78 is 2.06. The zero-order chi connectivity index (χ0) is 19.8. The van der Waals surface area contributed by atoms with Gasteiger partial charge in [-0.15, -0.1) is 34.2 Å². The van der Waals surface area contributed by atoms with Gasteiger partial charge in [-0.3, -0.25) is 14.7 Å². The summed E-state index contributed by atoms with van der Waals surface area (Å²) in [5.74, 6) is 2.51. The van der Waals surface area contributed by atoms with Crippen LogP contribution in [0.1, 0.15) is 32.0 Å². The summed E-state index contributed by atoms with van der Waals surface area (Å²) in [6.45, 7) is 9.10. The van der Waals surface area contributed by atoms with Gasteiger partial charge < -0.3 is 20.1 Å². The van der Waals surface area contributed by atoms with E-state index in [1.165, 1.54) is 6.42 Å². The van der Waals surface area contributed by atoms with Crippen LogP contribution in [0.15, 0.2) is 11.3 Å². The second-order valence-corrected chi connectivity index (χ2v) is 7.51. The monoisotopic (exact) mass is 518 g/mol. The fourth-order valence-electron chi connectivity index (χ4n) is 3.69. The molecule has 1 amide bonds.